The van der Waals surface area contributed by atoms with Gasteiger partial charge in [0.15, 0.2) is 0 Å². The molecule has 1 fully saturated rings. The maximum atomic E-state index is 13.3. The van der Waals surface area contributed by atoms with E-state index in [2.05, 4.69) is 20.8 Å². The Labute approximate surface area is 218 Å². The minimum atomic E-state index is -4.70. The Balaban J connectivity index is 0.00000380. The summed E-state index contributed by atoms with van der Waals surface area (Å²) in [5.74, 6) is -0.722. The van der Waals surface area contributed by atoms with Crippen molar-refractivity contribution in [2.75, 3.05) is 33.9 Å². The molecule has 37 heavy (non-hydrogen) atoms. The Morgan fingerprint density at radius 2 is 1.92 bits per heavy atom. The molecule has 0 aliphatic carbocycles. The van der Waals surface area contributed by atoms with Crippen molar-refractivity contribution in [1.82, 2.24) is 30.4 Å². The lowest BCUT2D eigenvalue weighted by Crippen LogP contribution is -2.50. The van der Waals surface area contributed by atoms with Crippen LogP contribution in [0.3, 0.4) is 0 Å². The maximum Gasteiger partial charge on any atom is 0.453 e. The second-order valence-corrected chi connectivity index (χ2v) is 8.47. The number of tetrazole rings is 1. The highest BCUT2D eigenvalue weighted by atomic mass is 35.5. The number of carbonyl (C=O) groups is 1. The number of benzene rings is 2. The first kappa shape index (κ1) is 28.4. The molecule has 13 heteroatoms. The molecule has 0 spiro atoms. The summed E-state index contributed by atoms with van der Waals surface area (Å²) in [6.45, 7) is 1.46. The molecule has 1 aromatic heterocycles. The molecule has 0 radical (unpaired) electrons. The van der Waals surface area contributed by atoms with Gasteiger partial charge in [0.2, 0.25) is 5.91 Å². The van der Waals surface area contributed by atoms with E-state index in [0.29, 0.717) is 42.0 Å². The predicted molar refractivity (Wildman–Crippen MR) is 131 cm³/mol. The van der Waals surface area contributed by atoms with Crippen LogP contribution in [-0.4, -0.2) is 71.0 Å². The summed E-state index contributed by atoms with van der Waals surface area (Å²) in [5, 5.41) is 13.4. The SMILES string of the molecule is COCC(=O)N1CCC(NCc2cc(-n3nnnc3C(F)(F)F)ccc2OC)C(c2ccccc2)C1.Cl. The van der Waals surface area contributed by atoms with Gasteiger partial charge < -0.3 is 19.7 Å². The predicted octanol–water partition coefficient (Wildman–Crippen LogP) is 3.23. The lowest BCUT2D eigenvalue weighted by Gasteiger charge is -2.39. The van der Waals surface area contributed by atoms with Crippen molar-refractivity contribution in [2.45, 2.75) is 31.1 Å². The number of amides is 1. The number of piperidine rings is 1. The summed E-state index contributed by atoms with van der Waals surface area (Å²) in [5.41, 5.74) is 1.92. The van der Waals surface area contributed by atoms with E-state index in [0.717, 1.165) is 5.56 Å². The van der Waals surface area contributed by atoms with Crippen molar-refractivity contribution in [3.8, 4) is 11.4 Å². The Bertz CT molecular complexity index is 1180. The number of aromatic nitrogens is 4. The van der Waals surface area contributed by atoms with Gasteiger partial charge in [0, 0.05) is 44.3 Å². The Kier molecular flexibility index (Phi) is 9.46. The Morgan fingerprint density at radius 3 is 2.59 bits per heavy atom. The average molecular weight is 541 g/mol. The van der Waals surface area contributed by atoms with Gasteiger partial charge in [-0.05, 0) is 40.6 Å². The van der Waals surface area contributed by atoms with Crippen molar-refractivity contribution in [2.24, 2.45) is 0 Å². The van der Waals surface area contributed by atoms with E-state index in [4.69, 9.17) is 9.47 Å². The van der Waals surface area contributed by atoms with Crippen LogP contribution in [0.25, 0.3) is 5.69 Å². The first-order chi connectivity index (χ1) is 17.3. The highest BCUT2D eigenvalue weighted by Gasteiger charge is 2.38. The van der Waals surface area contributed by atoms with Crippen molar-refractivity contribution in [3.05, 3.63) is 65.5 Å². The first-order valence-corrected chi connectivity index (χ1v) is 11.4. The van der Waals surface area contributed by atoms with Crippen LogP contribution in [0.15, 0.2) is 48.5 Å². The number of rotatable bonds is 8. The second kappa shape index (κ2) is 12.3. The second-order valence-electron chi connectivity index (χ2n) is 8.47. The quantitative estimate of drug-likeness (QED) is 0.469. The van der Waals surface area contributed by atoms with Crippen molar-refractivity contribution >= 4 is 18.3 Å². The van der Waals surface area contributed by atoms with E-state index in [1.54, 1.807) is 17.0 Å². The number of likely N-dealkylation sites (tertiary alicyclic amines) is 1. The number of carbonyl (C=O) groups excluding carboxylic acids is 1. The molecule has 1 saturated heterocycles. The van der Waals surface area contributed by atoms with E-state index in [1.165, 1.54) is 20.3 Å². The van der Waals surface area contributed by atoms with E-state index in [9.17, 15) is 18.0 Å². The molecule has 0 bridgehead atoms. The van der Waals surface area contributed by atoms with Crippen LogP contribution >= 0.6 is 12.4 Å². The van der Waals surface area contributed by atoms with Gasteiger partial charge in [0.25, 0.3) is 5.82 Å². The minimum absolute atomic E-state index is 0. The van der Waals surface area contributed by atoms with Gasteiger partial charge in [0.1, 0.15) is 12.4 Å². The number of hydrogen-bond donors (Lipinski definition) is 1. The fraction of sp³-hybridized carbons (Fsp3) is 0.417. The van der Waals surface area contributed by atoms with Gasteiger partial charge in [-0.2, -0.15) is 17.9 Å². The van der Waals surface area contributed by atoms with E-state index >= 15 is 0 Å². The number of methoxy groups -OCH3 is 2. The number of hydrogen-bond acceptors (Lipinski definition) is 7. The Hall–Kier alpha value is -3.22. The van der Waals surface area contributed by atoms with Crippen molar-refractivity contribution in [3.63, 3.8) is 0 Å². The summed E-state index contributed by atoms with van der Waals surface area (Å²) in [6.07, 6.45) is -4.00. The monoisotopic (exact) mass is 540 g/mol. The van der Waals surface area contributed by atoms with Crippen LogP contribution in [0, 0.1) is 0 Å². The molecule has 2 aromatic carbocycles. The number of halogens is 4. The van der Waals surface area contributed by atoms with Gasteiger partial charge in [-0.25, -0.2) is 0 Å². The van der Waals surface area contributed by atoms with Crippen LogP contribution in [0.5, 0.6) is 5.75 Å². The summed E-state index contributed by atoms with van der Waals surface area (Å²) < 4.78 is 51.1. The molecule has 2 heterocycles. The molecule has 2 atom stereocenters. The fourth-order valence-corrected chi connectivity index (χ4v) is 4.49. The molecule has 200 valence electrons. The van der Waals surface area contributed by atoms with Crippen LogP contribution in [0.1, 0.15) is 29.3 Å². The smallest absolute Gasteiger partial charge is 0.453 e. The van der Waals surface area contributed by atoms with Gasteiger partial charge in [0.05, 0.1) is 12.8 Å². The third-order valence-electron chi connectivity index (χ3n) is 6.25. The largest absolute Gasteiger partial charge is 0.496 e. The minimum Gasteiger partial charge on any atom is -0.496 e. The van der Waals surface area contributed by atoms with Crippen LogP contribution in [0.4, 0.5) is 13.2 Å². The van der Waals surface area contributed by atoms with Gasteiger partial charge >= 0.3 is 6.18 Å². The topological polar surface area (TPSA) is 94.4 Å². The van der Waals surface area contributed by atoms with Crippen molar-refractivity contribution < 1.29 is 27.4 Å². The molecular formula is C24H28ClF3N6O3. The lowest BCUT2D eigenvalue weighted by atomic mass is 9.85. The van der Waals surface area contributed by atoms with E-state index in [1.807, 2.05) is 30.3 Å². The zero-order chi connectivity index (χ0) is 25.7. The van der Waals surface area contributed by atoms with Crippen LogP contribution in [0.2, 0.25) is 0 Å². The zero-order valence-electron chi connectivity index (χ0n) is 20.3. The molecule has 9 nitrogen and oxygen atoms in total. The van der Waals surface area contributed by atoms with E-state index in [-0.39, 0.29) is 42.6 Å². The normalized spacial score (nSPS) is 17.8. The molecule has 1 aliphatic rings. The maximum absolute atomic E-state index is 13.3. The molecule has 3 aromatic rings. The number of ether oxygens (including phenoxy) is 2. The van der Waals surface area contributed by atoms with E-state index < -0.39 is 12.0 Å². The highest BCUT2D eigenvalue weighted by molar-refractivity contribution is 5.85. The third-order valence-corrected chi connectivity index (χ3v) is 6.25. The summed E-state index contributed by atoms with van der Waals surface area (Å²) in [6, 6.07) is 14.6. The van der Waals surface area contributed by atoms with Crippen molar-refractivity contribution in [1.29, 1.82) is 0 Å². The molecule has 4 rings (SSSR count). The fourth-order valence-electron chi connectivity index (χ4n) is 4.49. The standard InChI is InChI=1S/C24H27F3N6O3.ClH/c1-35-15-22(34)32-11-10-20(19(14-32)16-6-4-3-5-7-16)28-13-17-12-18(8-9-21(17)36-2)33-23(24(25,26)27)29-30-31-33;/h3-9,12,19-20,28H,10-11,13-15H2,1-2H3;1H. The van der Waals surface area contributed by atoms with Gasteiger partial charge in [-0.15, -0.1) is 17.5 Å². The van der Waals surface area contributed by atoms with Crippen LogP contribution in [-0.2, 0) is 22.3 Å². The van der Waals surface area contributed by atoms with Gasteiger partial charge in [-0.3, -0.25) is 4.79 Å². The lowest BCUT2D eigenvalue weighted by molar-refractivity contribution is -0.146. The first-order valence-electron chi connectivity index (χ1n) is 11.4. The molecule has 1 amide bonds. The molecule has 1 aliphatic heterocycles. The molecule has 0 saturated carbocycles. The zero-order valence-corrected chi connectivity index (χ0v) is 21.1. The summed E-state index contributed by atoms with van der Waals surface area (Å²) in [4.78, 5) is 14.3. The molecule has 2 unspecified atom stereocenters. The Morgan fingerprint density at radius 1 is 1.16 bits per heavy atom. The average Bonchev–Trinajstić information content (AvgIpc) is 3.39. The summed E-state index contributed by atoms with van der Waals surface area (Å²) >= 11 is 0. The molecular weight excluding hydrogens is 513 g/mol. The number of nitrogens with one attached hydrogen (secondary N) is 1. The van der Waals surface area contributed by atoms with Crippen LogP contribution < -0.4 is 10.1 Å². The molecule has 1 N–H and O–H groups in total. The third kappa shape index (κ3) is 6.56. The number of alkyl halides is 3. The summed E-state index contributed by atoms with van der Waals surface area (Å²) in [7, 11) is 3.00. The highest BCUT2D eigenvalue weighted by Crippen LogP contribution is 2.31. The number of nitrogens with zero attached hydrogens (tertiary/aromatic N) is 5. The van der Waals surface area contributed by atoms with Gasteiger partial charge in [-0.1, -0.05) is 30.3 Å².